The minimum absolute atomic E-state index is 0.137. The summed E-state index contributed by atoms with van der Waals surface area (Å²) in [6, 6.07) is 15.5. The van der Waals surface area contributed by atoms with Gasteiger partial charge in [-0.25, -0.2) is 9.59 Å². The molecule has 0 aliphatic heterocycles. The van der Waals surface area contributed by atoms with Crippen LogP contribution in [0.4, 0.5) is 4.79 Å². The summed E-state index contributed by atoms with van der Waals surface area (Å²) in [5.41, 5.74) is 1.14. The molecule has 2 rings (SSSR count). The van der Waals surface area contributed by atoms with Gasteiger partial charge in [-0.3, -0.25) is 4.79 Å². The van der Waals surface area contributed by atoms with Gasteiger partial charge in [-0.15, -0.1) is 0 Å². The number of rotatable bonds is 14. The summed E-state index contributed by atoms with van der Waals surface area (Å²) in [4.78, 5) is 35.5. The maximum atomic E-state index is 12.3. The summed E-state index contributed by atoms with van der Waals surface area (Å²) in [5.74, 6) is -0.683. The second-order valence-corrected chi connectivity index (χ2v) is 9.66. The molecule has 8 nitrogen and oxygen atoms in total. The second-order valence-electron chi connectivity index (χ2n) is 9.66. The number of carboxylic acid groups (broad SMARTS) is 1. The number of alkyl carbamates (subject to hydrolysis) is 1. The predicted octanol–water partition coefficient (Wildman–Crippen LogP) is 4.51. The molecule has 36 heavy (non-hydrogen) atoms. The van der Waals surface area contributed by atoms with Crippen LogP contribution in [0, 0.1) is 0 Å². The molecule has 8 heteroatoms. The van der Waals surface area contributed by atoms with Crippen LogP contribution < -0.4 is 15.4 Å². The van der Waals surface area contributed by atoms with E-state index in [1.54, 1.807) is 0 Å². The lowest BCUT2D eigenvalue weighted by Gasteiger charge is -2.19. The van der Waals surface area contributed by atoms with Gasteiger partial charge >= 0.3 is 12.1 Å². The molecule has 1 atom stereocenters. The third kappa shape index (κ3) is 12.2. The van der Waals surface area contributed by atoms with Gasteiger partial charge in [0.25, 0.3) is 0 Å². The van der Waals surface area contributed by atoms with E-state index < -0.39 is 23.7 Å². The van der Waals surface area contributed by atoms with Crippen LogP contribution in [0.5, 0.6) is 5.75 Å². The molecular formula is C28H38N2O6. The molecule has 0 aliphatic carbocycles. The molecule has 0 saturated carbocycles. The van der Waals surface area contributed by atoms with Crippen LogP contribution >= 0.6 is 0 Å². The molecule has 0 radical (unpaired) electrons. The van der Waals surface area contributed by atoms with Gasteiger partial charge in [0, 0.05) is 13.0 Å². The fraction of sp³-hybridized carbons (Fsp3) is 0.464. The Morgan fingerprint density at radius 3 is 2.19 bits per heavy atom. The van der Waals surface area contributed by atoms with Crippen molar-refractivity contribution >= 4 is 18.0 Å². The lowest BCUT2D eigenvalue weighted by Crippen LogP contribution is -2.43. The monoisotopic (exact) mass is 498 g/mol. The number of carboxylic acids is 1. The first-order valence-electron chi connectivity index (χ1n) is 12.4. The maximum Gasteiger partial charge on any atom is 0.407 e. The molecule has 0 fully saturated rings. The summed E-state index contributed by atoms with van der Waals surface area (Å²) in [6.07, 6.45) is 3.66. The van der Waals surface area contributed by atoms with Crippen LogP contribution in [0.25, 0.3) is 0 Å². The third-order valence-electron chi connectivity index (χ3n) is 5.21. The second kappa shape index (κ2) is 14.8. The molecule has 0 aliphatic rings. The smallest absolute Gasteiger partial charge is 0.407 e. The average molecular weight is 499 g/mol. The van der Waals surface area contributed by atoms with Crippen molar-refractivity contribution in [2.24, 2.45) is 0 Å². The Bertz CT molecular complexity index is 954. The van der Waals surface area contributed by atoms with E-state index in [2.05, 4.69) is 10.6 Å². The fourth-order valence-electron chi connectivity index (χ4n) is 3.46. The molecule has 196 valence electrons. The molecule has 2 amide bonds. The zero-order valence-electron chi connectivity index (χ0n) is 21.4. The van der Waals surface area contributed by atoms with E-state index in [1.165, 1.54) is 0 Å². The van der Waals surface area contributed by atoms with Gasteiger partial charge in [0.15, 0.2) is 0 Å². The number of hydrogen-bond donors (Lipinski definition) is 3. The summed E-state index contributed by atoms with van der Waals surface area (Å²) < 4.78 is 11.0. The van der Waals surface area contributed by atoms with Gasteiger partial charge in [-0.1, -0.05) is 55.3 Å². The minimum atomic E-state index is -1.07. The number of hydrogen-bond acceptors (Lipinski definition) is 5. The summed E-state index contributed by atoms with van der Waals surface area (Å²) >= 11 is 0. The van der Waals surface area contributed by atoms with Crippen LogP contribution in [0.1, 0.15) is 57.6 Å². The van der Waals surface area contributed by atoms with Gasteiger partial charge in [0.1, 0.15) is 17.4 Å². The number of benzene rings is 2. The lowest BCUT2D eigenvalue weighted by molar-refractivity contribution is -0.141. The number of carbonyl (C=O) groups excluding carboxylic acids is 2. The fourth-order valence-corrected chi connectivity index (χ4v) is 3.46. The number of amides is 2. The molecule has 0 saturated heterocycles. The van der Waals surface area contributed by atoms with Crippen LogP contribution in [-0.4, -0.2) is 47.9 Å². The molecule has 3 N–H and O–H groups in total. The Hall–Kier alpha value is -3.55. The zero-order chi connectivity index (χ0) is 26.4. The highest BCUT2D eigenvalue weighted by Gasteiger charge is 2.20. The Balaban J connectivity index is 1.64. The van der Waals surface area contributed by atoms with E-state index in [1.807, 2.05) is 75.4 Å². The summed E-state index contributed by atoms with van der Waals surface area (Å²) in [7, 11) is 0. The molecule has 0 unspecified atom stereocenters. The lowest BCUT2D eigenvalue weighted by atomic mass is 10.1. The number of carbonyl (C=O) groups is 3. The number of nitrogens with one attached hydrogen (secondary N) is 2. The van der Waals surface area contributed by atoms with Gasteiger partial charge in [0.2, 0.25) is 5.91 Å². The van der Waals surface area contributed by atoms with E-state index in [-0.39, 0.29) is 18.7 Å². The first-order chi connectivity index (χ1) is 17.1. The van der Waals surface area contributed by atoms with E-state index >= 15 is 0 Å². The Morgan fingerprint density at radius 2 is 1.56 bits per heavy atom. The summed E-state index contributed by atoms with van der Waals surface area (Å²) in [6.45, 7) is 6.66. The molecule has 2 aromatic carbocycles. The largest absolute Gasteiger partial charge is 0.494 e. The highest BCUT2D eigenvalue weighted by molar-refractivity contribution is 5.85. The number of aliphatic carboxylic acids is 1. The third-order valence-corrected chi connectivity index (χ3v) is 5.21. The van der Waals surface area contributed by atoms with Gasteiger partial charge in [0.05, 0.1) is 13.0 Å². The molecular weight excluding hydrogens is 460 g/mol. The minimum Gasteiger partial charge on any atom is -0.494 e. The highest BCUT2D eigenvalue weighted by atomic mass is 16.6. The molecule has 0 spiro atoms. The SMILES string of the molecule is CC(C)(C)OC(=O)NCCCCCCOc1ccc(C[C@H](NC(=O)Cc2ccccc2)C(=O)O)cc1. The first kappa shape index (κ1) is 28.7. The topological polar surface area (TPSA) is 114 Å². The molecule has 0 bridgehead atoms. The Labute approximate surface area is 213 Å². The Morgan fingerprint density at radius 1 is 0.889 bits per heavy atom. The van der Waals surface area contributed by atoms with Crippen LogP contribution in [0.2, 0.25) is 0 Å². The first-order valence-corrected chi connectivity index (χ1v) is 12.4. The van der Waals surface area contributed by atoms with Crippen molar-refractivity contribution in [3.8, 4) is 5.75 Å². The highest BCUT2D eigenvalue weighted by Crippen LogP contribution is 2.15. The van der Waals surface area contributed by atoms with Crippen molar-refractivity contribution in [2.75, 3.05) is 13.2 Å². The van der Waals surface area contributed by atoms with Gasteiger partial charge < -0.3 is 25.2 Å². The predicted molar refractivity (Wildman–Crippen MR) is 138 cm³/mol. The molecule has 0 heterocycles. The van der Waals surface area contributed by atoms with Gasteiger partial charge in [-0.05, 0) is 56.9 Å². The van der Waals surface area contributed by atoms with Crippen LogP contribution in [0.3, 0.4) is 0 Å². The summed E-state index contributed by atoms with van der Waals surface area (Å²) in [5, 5.41) is 14.9. The quantitative estimate of drug-likeness (QED) is 0.330. The van der Waals surface area contributed by atoms with E-state index in [0.717, 1.165) is 36.8 Å². The molecule has 0 aromatic heterocycles. The van der Waals surface area contributed by atoms with Crippen molar-refractivity contribution in [1.29, 1.82) is 0 Å². The van der Waals surface area contributed by atoms with Crippen molar-refractivity contribution in [3.63, 3.8) is 0 Å². The van der Waals surface area contributed by atoms with Crippen molar-refractivity contribution in [3.05, 3.63) is 65.7 Å². The van der Waals surface area contributed by atoms with Gasteiger partial charge in [-0.2, -0.15) is 0 Å². The van der Waals surface area contributed by atoms with Crippen molar-refractivity contribution < 1.29 is 29.0 Å². The van der Waals surface area contributed by atoms with Crippen LogP contribution in [-0.2, 0) is 27.2 Å². The van der Waals surface area contributed by atoms with E-state index in [0.29, 0.717) is 18.9 Å². The average Bonchev–Trinajstić information content (AvgIpc) is 2.80. The maximum absolute atomic E-state index is 12.3. The van der Waals surface area contributed by atoms with Crippen molar-refractivity contribution in [1.82, 2.24) is 10.6 Å². The molecule has 2 aromatic rings. The van der Waals surface area contributed by atoms with Crippen LogP contribution in [0.15, 0.2) is 54.6 Å². The van der Waals surface area contributed by atoms with E-state index in [9.17, 15) is 19.5 Å². The Kier molecular flexibility index (Phi) is 11.8. The number of ether oxygens (including phenoxy) is 2. The van der Waals surface area contributed by atoms with E-state index in [4.69, 9.17) is 9.47 Å². The number of unbranched alkanes of at least 4 members (excludes halogenated alkanes) is 3. The standard InChI is InChI=1S/C28H38N2O6/c1-28(2,3)36-27(34)29-17-9-4-5-10-18-35-23-15-13-22(14-16-23)19-24(26(32)33)30-25(31)20-21-11-7-6-8-12-21/h6-8,11-16,24H,4-5,9-10,17-20H2,1-3H3,(H,29,34)(H,30,31)(H,32,33)/t24-/m0/s1. The normalized spacial score (nSPS) is 11.9. The zero-order valence-corrected chi connectivity index (χ0v) is 21.4. The van der Waals surface area contributed by atoms with Crippen molar-refractivity contribution in [2.45, 2.75) is 70.9 Å².